The number of amides is 3. The highest BCUT2D eigenvalue weighted by Gasteiger charge is 2.42. The molecule has 1 saturated carbocycles. The Morgan fingerprint density at radius 2 is 1.84 bits per heavy atom. The van der Waals surface area contributed by atoms with Crippen LogP contribution in [0.5, 0.6) is 5.75 Å². The number of aromatic nitrogens is 1. The fourth-order valence-electron chi connectivity index (χ4n) is 6.05. The lowest BCUT2D eigenvalue weighted by Gasteiger charge is -2.44. The van der Waals surface area contributed by atoms with Crippen LogP contribution in [0.3, 0.4) is 0 Å². The van der Waals surface area contributed by atoms with Gasteiger partial charge in [-0.1, -0.05) is 0 Å². The Morgan fingerprint density at radius 1 is 1.03 bits per heavy atom. The van der Waals surface area contributed by atoms with Crippen LogP contribution in [0.2, 0.25) is 0 Å². The maximum atomic E-state index is 12.9. The number of likely N-dealkylation sites (tertiary alicyclic amines) is 1. The number of ether oxygens (including phenoxy) is 1. The van der Waals surface area contributed by atoms with Gasteiger partial charge in [0.25, 0.3) is 5.91 Å². The zero-order valence-electron chi connectivity index (χ0n) is 20.5. The number of piperidine rings is 1. The summed E-state index contributed by atoms with van der Waals surface area (Å²) in [6.07, 6.45) is -0.108. The number of pyridine rings is 1. The number of carbonyl (C=O) groups excluding carboxylic acids is 3. The lowest BCUT2D eigenvalue weighted by Crippen LogP contribution is -2.54. The predicted molar refractivity (Wildman–Crippen MR) is 128 cm³/mol. The molecule has 11 heteroatoms. The quantitative estimate of drug-likeness (QED) is 0.600. The summed E-state index contributed by atoms with van der Waals surface area (Å²) < 4.78 is 44.8. The Hall–Kier alpha value is -3.47. The Morgan fingerprint density at radius 3 is 2.55 bits per heavy atom. The Bertz CT molecular complexity index is 1280. The summed E-state index contributed by atoms with van der Waals surface area (Å²) in [5, 5.41) is 2.31. The van der Waals surface area contributed by atoms with Gasteiger partial charge in [-0.05, 0) is 61.6 Å². The molecule has 1 N–H and O–H groups in total. The average Bonchev–Trinajstić information content (AvgIpc) is 3.42. The maximum absolute atomic E-state index is 12.9. The third-order valence-corrected chi connectivity index (χ3v) is 8.11. The van der Waals surface area contributed by atoms with Crippen molar-refractivity contribution in [3.05, 3.63) is 58.9 Å². The summed E-state index contributed by atoms with van der Waals surface area (Å²) in [4.78, 5) is 44.6. The molecular weight excluding hydrogens is 501 g/mol. The number of fused-ring (bicyclic) bond motifs is 1. The minimum absolute atomic E-state index is 0.0297. The first-order valence-electron chi connectivity index (χ1n) is 12.9. The second kappa shape index (κ2) is 9.37. The van der Waals surface area contributed by atoms with E-state index in [9.17, 15) is 27.6 Å². The molecule has 3 aliphatic heterocycles. The number of hydrogen-bond acceptors (Lipinski definition) is 6. The third kappa shape index (κ3) is 4.53. The highest BCUT2D eigenvalue weighted by molar-refractivity contribution is 6.05. The number of carbonyl (C=O) groups is 3. The first-order valence-corrected chi connectivity index (χ1v) is 12.9. The van der Waals surface area contributed by atoms with Crippen molar-refractivity contribution in [1.82, 2.24) is 20.1 Å². The minimum atomic E-state index is -4.39. The van der Waals surface area contributed by atoms with Crippen molar-refractivity contribution in [2.45, 2.75) is 68.9 Å². The maximum Gasteiger partial charge on any atom is 0.417 e. The van der Waals surface area contributed by atoms with E-state index in [1.807, 2.05) is 6.07 Å². The largest absolute Gasteiger partial charge is 0.489 e. The number of halogens is 3. The topological polar surface area (TPSA) is 91.8 Å². The molecule has 3 atom stereocenters. The standard InChI is InChI=1S/C27H27F3N4O4/c28-27(29,30)17-4-7-20(31-11-17)16-12-33(13-16)21-2-1-3-23(21)38-18-5-6-19-15(10-18)14-34(26(19)37)22-8-9-24(35)32-25(22)36/h4-7,10-11,16,21-23H,1-3,8-9,12-14H2,(H,32,35,36)/t21-,22?,23+/m1/s1. The molecule has 3 fully saturated rings. The third-order valence-electron chi connectivity index (χ3n) is 8.11. The van der Waals surface area contributed by atoms with Crippen LogP contribution in [-0.2, 0) is 22.3 Å². The summed E-state index contributed by atoms with van der Waals surface area (Å²) in [6.45, 7) is 1.74. The van der Waals surface area contributed by atoms with Gasteiger partial charge in [-0.15, -0.1) is 0 Å². The Balaban J connectivity index is 1.08. The Labute approximate surface area is 217 Å². The number of nitrogens with zero attached hydrogens (tertiary/aromatic N) is 3. The minimum Gasteiger partial charge on any atom is -0.489 e. The molecule has 2 aromatic rings. The highest BCUT2D eigenvalue weighted by atomic mass is 19.4. The van der Waals surface area contributed by atoms with Gasteiger partial charge in [0.15, 0.2) is 0 Å². The number of imide groups is 1. The van der Waals surface area contributed by atoms with Crippen molar-refractivity contribution >= 4 is 17.7 Å². The van der Waals surface area contributed by atoms with Gasteiger partial charge < -0.3 is 9.64 Å². The molecule has 8 nitrogen and oxygen atoms in total. The van der Waals surface area contributed by atoms with E-state index in [2.05, 4.69) is 15.2 Å². The molecule has 1 unspecified atom stereocenters. The number of alkyl halides is 3. The summed E-state index contributed by atoms with van der Waals surface area (Å²) in [6, 6.07) is 7.48. The molecule has 4 aliphatic rings. The molecule has 38 heavy (non-hydrogen) atoms. The first kappa shape index (κ1) is 24.8. The van der Waals surface area contributed by atoms with E-state index in [-0.39, 0.29) is 36.3 Å². The predicted octanol–water partition coefficient (Wildman–Crippen LogP) is 3.26. The molecule has 2 saturated heterocycles. The van der Waals surface area contributed by atoms with Gasteiger partial charge in [-0.25, -0.2) is 0 Å². The zero-order valence-corrected chi connectivity index (χ0v) is 20.5. The van der Waals surface area contributed by atoms with E-state index >= 15 is 0 Å². The van der Waals surface area contributed by atoms with Crippen LogP contribution in [0.25, 0.3) is 0 Å². The molecule has 1 aliphatic carbocycles. The first-order chi connectivity index (χ1) is 18.2. The van der Waals surface area contributed by atoms with Crippen LogP contribution in [-0.4, -0.2) is 63.8 Å². The van der Waals surface area contributed by atoms with Gasteiger partial charge in [0, 0.05) is 55.5 Å². The number of rotatable bonds is 5. The summed E-state index contributed by atoms with van der Waals surface area (Å²) in [5.41, 5.74) is 1.27. The van der Waals surface area contributed by atoms with E-state index in [1.165, 1.54) is 11.0 Å². The van der Waals surface area contributed by atoms with Gasteiger partial charge in [0.05, 0.1) is 5.56 Å². The van der Waals surface area contributed by atoms with Gasteiger partial charge in [0.1, 0.15) is 17.9 Å². The summed E-state index contributed by atoms with van der Waals surface area (Å²) >= 11 is 0. The molecule has 3 amide bonds. The molecule has 6 rings (SSSR count). The smallest absolute Gasteiger partial charge is 0.417 e. The Kier molecular flexibility index (Phi) is 6.13. The normalized spacial score (nSPS) is 26.3. The van der Waals surface area contributed by atoms with E-state index in [0.717, 1.165) is 50.2 Å². The molecule has 4 heterocycles. The van der Waals surface area contributed by atoms with Crippen LogP contribution in [0.15, 0.2) is 36.5 Å². The molecule has 0 bridgehead atoms. The fourth-order valence-corrected chi connectivity index (χ4v) is 6.05. The summed E-state index contributed by atoms with van der Waals surface area (Å²) in [5.74, 6) is -0.209. The van der Waals surface area contributed by atoms with Crippen LogP contribution in [0, 0.1) is 0 Å². The monoisotopic (exact) mass is 528 g/mol. The van der Waals surface area contributed by atoms with E-state index in [4.69, 9.17) is 4.74 Å². The van der Waals surface area contributed by atoms with Gasteiger partial charge in [-0.3, -0.25) is 29.6 Å². The van der Waals surface area contributed by atoms with Crippen molar-refractivity contribution in [2.24, 2.45) is 0 Å². The van der Waals surface area contributed by atoms with Crippen LogP contribution in [0.4, 0.5) is 13.2 Å². The van der Waals surface area contributed by atoms with Crippen LogP contribution < -0.4 is 10.1 Å². The fraction of sp³-hybridized carbons (Fsp3) is 0.481. The number of nitrogens with one attached hydrogen (secondary N) is 1. The molecule has 0 spiro atoms. The highest BCUT2D eigenvalue weighted by Crippen LogP contribution is 2.37. The lowest BCUT2D eigenvalue weighted by atomic mass is 9.92. The van der Waals surface area contributed by atoms with Gasteiger partial charge >= 0.3 is 6.18 Å². The van der Waals surface area contributed by atoms with E-state index < -0.39 is 23.7 Å². The second-order valence-corrected chi connectivity index (χ2v) is 10.5. The average molecular weight is 529 g/mol. The van der Waals surface area contributed by atoms with E-state index in [0.29, 0.717) is 30.0 Å². The lowest BCUT2D eigenvalue weighted by molar-refractivity contribution is -0.138. The van der Waals surface area contributed by atoms with Crippen molar-refractivity contribution in [1.29, 1.82) is 0 Å². The molecule has 1 aromatic heterocycles. The van der Waals surface area contributed by atoms with Crippen LogP contribution in [0.1, 0.15) is 65.2 Å². The molecule has 1 aromatic carbocycles. The SMILES string of the molecule is O=C1CCC(N2Cc3cc(O[C@H]4CCC[C@H]4N4CC(c5ccc(C(F)(F)F)cn5)C4)ccc3C2=O)C(=O)N1. The molecule has 0 radical (unpaired) electrons. The summed E-state index contributed by atoms with van der Waals surface area (Å²) in [7, 11) is 0. The number of hydrogen-bond donors (Lipinski definition) is 1. The molecular formula is C27H27F3N4O4. The second-order valence-electron chi connectivity index (χ2n) is 10.5. The van der Waals surface area contributed by atoms with Crippen molar-refractivity contribution in [2.75, 3.05) is 13.1 Å². The van der Waals surface area contributed by atoms with Crippen molar-refractivity contribution in [3.63, 3.8) is 0 Å². The molecule has 200 valence electrons. The van der Waals surface area contributed by atoms with E-state index in [1.54, 1.807) is 12.1 Å². The van der Waals surface area contributed by atoms with Crippen molar-refractivity contribution in [3.8, 4) is 5.75 Å². The van der Waals surface area contributed by atoms with Gasteiger partial charge in [-0.2, -0.15) is 13.2 Å². The zero-order chi connectivity index (χ0) is 26.6. The number of benzene rings is 1. The van der Waals surface area contributed by atoms with Crippen LogP contribution >= 0.6 is 0 Å². The van der Waals surface area contributed by atoms with Gasteiger partial charge in [0.2, 0.25) is 11.8 Å². The van der Waals surface area contributed by atoms with Crippen molar-refractivity contribution < 1.29 is 32.3 Å².